The minimum absolute atomic E-state index is 0.293. The Morgan fingerprint density at radius 1 is 1.20 bits per heavy atom. The fourth-order valence-electron chi connectivity index (χ4n) is 2.73. The van der Waals surface area contributed by atoms with Crippen molar-refractivity contribution >= 4 is 45.0 Å². The van der Waals surface area contributed by atoms with Gasteiger partial charge in [-0.15, -0.1) is 0 Å². The van der Waals surface area contributed by atoms with E-state index >= 15 is 0 Å². The minimum Gasteiger partial charge on any atom is -0.492 e. The number of benzene rings is 2. The van der Waals surface area contributed by atoms with E-state index in [1.165, 1.54) is 0 Å². The lowest BCUT2D eigenvalue weighted by atomic mass is 10.2. The van der Waals surface area contributed by atoms with Crippen molar-refractivity contribution in [3.8, 4) is 5.75 Å². The summed E-state index contributed by atoms with van der Waals surface area (Å²) in [6.07, 6.45) is 1.86. The van der Waals surface area contributed by atoms with Crippen LogP contribution in [0.4, 0.5) is 5.69 Å². The molecule has 2 aromatic rings. The number of anilines is 1. The molecule has 6 nitrogen and oxygen atoms in total. The van der Waals surface area contributed by atoms with Crippen LogP contribution in [0.15, 0.2) is 48.5 Å². The lowest BCUT2D eigenvalue weighted by molar-refractivity contribution is -0.119. The van der Waals surface area contributed by atoms with Crippen LogP contribution in [0.25, 0.3) is 0 Å². The fourth-order valence-corrected chi connectivity index (χ4v) is 4.71. The first kappa shape index (κ1) is 24.4. The molecule has 0 aliphatic rings. The van der Waals surface area contributed by atoms with Gasteiger partial charge in [-0.1, -0.05) is 35.9 Å². The molecule has 0 saturated carbocycles. The van der Waals surface area contributed by atoms with E-state index in [9.17, 15) is 13.2 Å². The third-order valence-electron chi connectivity index (χ3n) is 4.07. The van der Waals surface area contributed by atoms with Crippen LogP contribution in [0.1, 0.15) is 18.9 Å². The van der Waals surface area contributed by atoms with Crippen LogP contribution in [0.5, 0.6) is 5.75 Å². The van der Waals surface area contributed by atoms with Crippen LogP contribution in [0, 0.1) is 0 Å². The van der Waals surface area contributed by atoms with Crippen molar-refractivity contribution in [1.82, 2.24) is 5.32 Å². The number of nitrogens with zero attached hydrogens (tertiary/aromatic N) is 1. The van der Waals surface area contributed by atoms with Gasteiger partial charge in [0.2, 0.25) is 15.9 Å². The molecular formula is C21H27ClN2O4S2. The zero-order valence-electron chi connectivity index (χ0n) is 17.1. The summed E-state index contributed by atoms with van der Waals surface area (Å²) in [6.45, 7) is 2.40. The van der Waals surface area contributed by atoms with Crippen molar-refractivity contribution in [2.75, 3.05) is 36.0 Å². The van der Waals surface area contributed by atoms with Crippen LogP contribution in [0.2, 0.25) is 5.02 Å². The normalized spacial score (nSPS) is 11.2. The monoisotopic (exact) mass is 470 g/mol. The Balaban J connectivity index is 1.82. The van der Waals surface area contributed by atoms with Gasteiger partial charge < -0.3 is 10.1 Å². The molecule has 1 amide bonds. The first-order valence-electron chi connectivity index (χ1n) is 9.59. The maximum atomic E-state index is 12.4. The Bertz CT molecular complexity index is 938. The van der Waals surface area contributed by atoms with Crippen molar-refractivity contribution < 1.29 is 17.9 Å². The van der Waals surface area contributed by atoms with Crippen LogP contribution < -0.4 is 14.4 Å². The number of hydrogen-bond acceptors (Lipinski definition) is 5. The van der Waals surface area contributed by atoms with Gasteiger partial charge in [0.05, 0.1) is 18.6 Å². The lowest BCUT2D eigenvalue weighted by Gasteiger charge is -2.24. The maximum Gasteiger partial charge on any atom is 0.240 e. The van der Waals surface area contributed by atoms with E-state index < -0.39 is 10.0 Å². The van der Waals surface area contributed by atoms with Gasteiger partial charge in [0.1, 0.15) is 12.3 Å². The number of rotatable bonds is 12. The molecule has 2 aromatic carbocycles. The molecule has 1 N–H and O–H groups in total. The van der Waals surface area contributed by atoms with Crippen LogP contribution in [-0.4, -0.2) is 46.0 Å². The van der Waals surface area contributed by atoms with Gasteiger partial charge in [-0.3, -0.25) is 9.10 Å². The Kier molecular flexibility index (Phi) is 9.81. The highest BCUT2D eigenvalue weighted by Crippen LogP contribution is 2.29. The summed E-state index contributed by atoms with van der Waals surface area (Å²) in [5.74, 6) is 1.79. The van der Waals surface area contributed by atoms with Crippen LogP contribution in [-0.2, 0) is 20.6 Å². The zero-order chi connectivity index (χ0) is 22.0. The highest BCUT2D eigenvalue weighted by atomic mass is 35.5. The van der Waals surface area contributed by atoms with Gasteiger partial charge in [-0.05, 0) is 48.9 Å². The van der Waals surface area contributed by atoms with E-state index in [0.717, 1.165) is 39.1 Å². The quantitative estimate of drug-likeness (QED) is 0.475. The van der Waals surface area contributed by atoms with E-state index in [1.54, 1.807) is 36.0 Å². The van der Waals surface area contributed by atoms with Crippen molar-refractivity contribution in [3.63, 3.8) is 0 Å². The number of amides is 1. The van der Waals surface area contributed by atoms with E-state index in [-0.39, 0.29) is 12.5 Å². The minimum atomic E-state index is -3.65. The van der Waals surface area contributed by atoms with Gasteiger partial charge in [0.15, 0.2) is 0 Å². The number of thioether (sulfide) groups is 1. The Morgan fingerprint density at radius 2 is 1.97 bits per heavy atom. The molecular weight excluding hydrogens is 444 g/mol. The first-order chi connectivity index (χ1) is 14.3. The molecule has 0 spiro atoms. The smallest absolute Gasteiger partial charge is 0.240 e. The van der Waals surface area contributed by atoms with Crippen molar-refractivity contribution in [3.05, 3.63) is 59.1 Å². The molecule has 0 atom stereocenters. The standard InChI is InChI=1S/C21H27ClN2O4S2/c1-3-28-20-11-5-4-10-19(20)24(30(2,26)27)15-21(25)23-12-7-13-29-16-17-8-6-9-18(22)14-17/h4-6,8-11,14H,3,7,12-13,15-16H2,1-2H3,(H,23,25). The van der Waals surface area contributed by atoms with E-state index in [2.05, 4.69) is 5.32 Å². The van der Waals surface area contributed by atoms with Gasteiger partial charge in [-0.25, -0.2) is 8.42 Å². The number of carbonyl (C=O) groups excluding carboxylic acids is 1. The summed E-state index contributed by atoms with van der Waals surface area (Å²) in [7, 11) is -3.65. The molecule has 0 saturated heterocycles. The molecule has 164 valence electrons. The second-order valence-corrected chi connectivity index (χ2v) is 10.0. The number of hydrogen-bond donors (Lipinski definition) is 1. The molecule has 0 bridgehead atoms. The van der Waals surface area contributed by atoms with Gasteiger partial charge in [-0.2, -0.15) is 11.8 Å². The summed E-state index contributed by atoms with van der Waals surface area (Å²) in [4.78, 5) is 12.4. The molecule has 2 rings (SSSR count). The average molecular weight is 471 g/mol. The predicted octanol–water partition coefficient (Wildman–Crippen LogP) is 3.94. The summed E-state index contributed by atoms with van der Waals surface area (Å²) in [5.41, 5.74) is 1.52. The van der Waals surface area contributed by atoms with Gasteiger partial charge >= 0.3 is 0 Å². The highest BCUT2D eigenvalue weighted by molar-refractivity contribution is 7.98. The third kappa shape index (κ3) is 8.08. The third-order valence-corrected chi connectivity index (χ3v) is 6.54. The van der Waals surface area contributed by atoms with Gasteiger partial charge in [0, 0.05) is 17.3 Å². The van der Waals surface area contributed by atoms with Crippen LogP contribution in [0.3, 0.4) is 0 Å². The van der Waals surface area contributed by atoms with Crippen molar-refractivity contribution in [2.45, 2.75) is 19.1 Å². The molecule has 0 fully saturated rings. The Hall–Kier alpha value is -1.90. The maximum absolute atomic E-state index is 12.4. The average Bonchev–Trinajstić information content (AvgIpc) is 2.69. The fraction of sp³-hybridized carbons (Fsp3) is 0.381. The topological polar surface area (TPSA) is 75.7 Å². The lowest BCUT2D eigenvalue weighted by Crippen LogP contribution is -2.40. The van der Waals surface area contributed by atoms with Gasteiger partial charge in [0.25, 0.3) is 0 Å². The zero-order valence-corrected chi connectivity index (χ0v) is 19.5. The Labute approximate surface area is 188 Å². The largest absolute Gasteiger partial charge is 0.492 e. The van der Waals surface area contributed by atoms with E-state index in [4.69, 9.17) is 16.3 Å². The molecule has 0 unspecified atom stereocenters. The summed E-state index contributed by atoms with van der Waals surface area (Å²) < 4.78 is 31.1. The molecule has 0 aromatic heterocycles. The number of para-hydroxylation sites is 2. The van der Waals surface area contributed by atoms with E-state index in [0.29, 0.717) is 24.6 Å². The molecule has 30 heavy (non-hydrogen) atoms. The number of carbonyl (C=O) groups is 1. The summed E-state index contributed by atoms with van der Waals surface area (Å²) in [5, 5.41) is 3.52. The number of sulfonamides is 1. The second-order valence-electron chi connectivity index (χ2n) is 6.56. The predicted molar refractivity (Wildman–Crippen MR) is 125 cm³/mol. The number of halogens is 1. The summed E-state index contributed by atoms with van der Waals surface area (Å²) >= 11 is 7.73. The molecule has 0 radical (unpaired) electrons. The number of ether oxygens (including phenoxy) is 1. The highest BCUT2D eigenvalue weighted by Gasteiger charge is 2.23. The molecule has 0 aliphatic carbocycles. The van der Waals surface area contributed by atoms with E-state index in [1.807, 2.05) is 31.2 Å². The molecule has 0 aliphatic heterocycles. The van der Waals surface area contributed by atoms with Crippen LogP contribution >= 0.6 is 23.4 Å². The van der Waals surface area contributed by atoms with Crippen molar-refractivity contribution in [2.24, 2.45) is 0 Å². The molecule has 9 heteroatoms. The number of nitrogens with one attached hydrogen (secondary N) is 1. The Morgan fingerprint density at radius 3 is 2.67 bits per heavy atom. The molecule has 0 heterocycles. The summed E-state index contributed by atoms with van der Waals surface area (Å²) in [6, 6.07) is 14.5. The van der Waals surface area contributed by atoms with Crippen molar-refractivity contribution in [1.29, 1.82) is 0 Å². The SMILES string of the molecule is CCOc1ccccc1N(CC(=O)NCCCSCc1cccc(Cl)c1)S(C)(=O)=O. The first-order valence-corrected chi connectivity index (χ1v) is 13.0. The second kappa shape index (κ2) is 12.1.